The van der Waals surface area contributed by atoms with Crippen LogP contribution in [0.2, 0.25) is 0 Å². The van der Waals surface area contributed by atoms with Gasteiger partial charge in [-0.2, -0.15) is 0 Å². The number of nitrogen functional groups attached to an aromatic ring is 1. The highest BCUT2D eigenvalue weighted by atomic mass is 32.2. The Labute approximate surface area is 186 Å². The molecule has 6 heteroatoms. The van der Waals surface area contributed by atoms with Gasteiger partial charge >= 0.3 is 0 Å². The van der Waals surface area contributed by atoms with E-state index in [0.717, 1.165) is 0 Å². The predicted molar refractivity (Wildman–Crippen MR) is 128 cm³/mol. The molecule has 0 spiro atoms. The van der Waals surface area contributed by atoms with E-state index in [1.807, 2.05) is 0 Å². The van der Waals surface area contributed by atoms with Gasteiger partial charge < -0.3 is 14.8 Å². The summed E-state index contributed by atoms with van der Waals surface area (Å²) in [5, 5.41) is -1.05. The van der Waals surface area contributed by atoms with Gasteiger partial charge in [0.15, 0.2) is 0 Å². The van der Waals surface area contributed by atoms with Gasteiger partial charge in [0.05, 0.1) is 31.4 Å². The number of hydrogen-bond donors (Lipinski definition) is 1. The van der Waals surface area contributed by atoms with Gasteiger partial charge in [-0.25, -0.2) is 8.42 Å². The average molecular weight is 443 g/mol. The summed E-state index contributed by atoms with van der Waals surface area (Å²) in [6.07, 6.45) is 11.1. The van der Waals surface area contributed by atoms with Crippen molar-refractivity contribution in [3.63, 3.8) is 0 Å². The minimum atomic E-state index is -4.28. The number of unbranched alkanes of at least 4 members (excludes halogenated alkanes) is 4. The fourth-order valence-electron chi connectivity index (χ4n) is 3.62. The minimum Gasteiger partial charge on any atom is -0.747 e. The Bertz CT molecular complexity index is 625. The summed E-state index contributed by atoms with van der Waals surface area (Å²) in [5.74, 6) is 0. The van der Waals surface area contributed by atoms with Crippen LogP contribution < -0.4 is 5.73 Å². The van der Waals surface area contributed by atoms with E-state index in [2.05, 4.69) is 27.7 Å². The van der Waals surface area contributed by atoms with Crippen molar-refractivity contribution in [2.75, 3.05) is 31.9 Å². The van der Waals surface area contributed by atoms with E-state index in [4.69, 9.17) is 5.73 Å². The van der Waals surface area contributed by atoms with Crippen LogP contribution in [0, 0.1) is 0 Å². The van der Waals surface area contributed by atoms with Gasteiger partial charge in [-0.3, -0.25) is 0 Å². The van der Waals surface area contributed by atoms with Crippen LogP contribution in [-0.2, 0) is 10.1 Å². The van der Waals surface area contributed by atoms with E-state index in [-0.39, 0.29) is 0 Å². The maximum absolute atomic E-state index is 10.6. The third-order valence-electron chi connectivity index (χ3n) is 5.76. The van der Waals surface area contributed by atoms with Crippen LogP contribution in [0.15, 0.2) is 24.3 Å². The molecule has 30 heavy (non-hydrogen) atoms. The molecule has 0 aliphatic heterocycles. The minimum absolute atomic E-state index is 0.426. The Morgan fingerprint density at radius 2 is 1.27 bits per heavy atom. The lowest BCUT2D eigenvalue weighted by Gasteiger charge is -2.39. The summed E-state index contributed by atoms with van der Waals surface area (Å²) >= 11 is 0. The van der Waals surface area contributed by atoms with Gasteiger partial charge in [-0.15, -0.1) is 0 Å². The Hall–Kier alpha value is -1.11. The Balaban J connectivity index is 0.000000579. The summed E-state index contributed by atoms with van der Waals surface area (Å²) in [5.41, 5.74) is 6.32. The number of anilines is 1. The number of quaternary nitrogens is 1. The third-order valence-corrected chi connectivity index (χ3v) is 6.90. The van der Waals surface area contributed by atoms with Crippen LogP contribution in [0.1, 0.15) is 96.8 Å². The molecule has 1 atom stereocenters. The normalized spacial score (nSPS) is 12.9. The molecule has 0 saturated carbocycles. The van der Waals surface area contributed by atoms with Crippen molar-refractivity contribution in [1.82, 2.24) is 0 Å². The quantitative estimate of drug-likeness (QED) is 0.221. The number of benzene rings is 1. The second kappa shape index (κ2) is 15.7. The number of rotatable bonds is 14. The van der Waals surface area contributed by atoms with Crippen molar-refractivity contribution < 1.29 is 17.5 Å². The highest BCUT2D eigenvalue weighted by Gasteiger charge is 2.24. The predicted octanol–water partition coefficient (Wildman–Crippen LogP) is 5.88. The van der Waals surface area contributed by atoms with Gasteiger partial charge in [0.2, 0.25) is 0 Å². The summed E-state index contributed by atoms with van der Waals surface area (Å²) < 4.78 is 33.4. The molecule has 1 unspecified atom stereocenters. The molecule has 0 heterocycles. The van der Waals surface area contributed by atoms with Gasteiger partial charge in [0.1, 0.15) is 10.1 Å². The molecule has 0 bridgehead atoms. The van der Waals surface area contributed by atoms with Crippen LogP contribution in [0.4, 0.5) is 5.69 Å². The molecule has 0 radical (unpaired) electrons. The summed E-state index contributed by atoms with van der Waals surface area (Å²) in [7, 11) is -4.28. The molecule has 0 aliphatic rings. The van der Waals surface area contributed by atoms with Gasteiger partial charge in [-0.05, 0) is 50.3 Å². The van der Waals surface area contributed by atoms with Crippen LogP contribution >= 0.6 is 0 Å². The molecule has 2 N–H and O–H groups in total. The lowest BCUT2D eigenvalue weighted by atomic mass is 10.1. The summed E-state index contributed by atoms with van der Waals surface area (Å²) in [6.45, 7) is 16.4. The van der Waals surface area contributed by atoms with Crippen molar-refractivity contribution in [3.05, 3.63) is 29.8 Å². The second-order valence-electron chi connectivity index (χ2n) is 8.46. The SMILES string of the molecule is CC(c1cccc(N)c1)S(=O)(=O)[O-].CCCC[N+](CCCC)(CCCC)CCCC. The number of nitrogens with zero attached hydrogens (tertiary/aromatic N) is 1. The summed E-state index contributed by atoms with van der Waals surface area (Å²) in [6, 6.07) is 6.30. The van der Waals surface area contributed by atoms with Crippen LogP contribution in [0.25, 0.3) is 0 Å². The first kappa shape index (κ1) is 28.9. The molecule has 0 aliphatic carbocycles. The van der Waals surface area contributed by atoms with Crippen molar-refractivity contribution in [3.8, 4) is 0 Å². The molecule has 1 aromatic rings. The largest absolute Gasteiger partial charge is 0.747 e. The number of nitrogens with two attached hydrogens (primary N) is 1. The van der Waals surface area contributed by atoms with Gasteiger partial charge in [0.25, 0.3) is 0 Å². The summed E-state index contributed by atoms with van der Waals surface area (Å²) in [4.78, 5) is 0. The van der Waals surface area contributed by atoms with Gasteiger partial charge in [-0.1, -0.05) is 65.5 Å². The average Bonchev–Trinajstić information content (AvgIpc) is 2.72. The molecular weight excluding hydrogens is 396 g/mol. The van der Waals surface area contributed by atoms with E-state index < -0.39 is 15.4 Å². The molecule has 1 aromatic carbocycles. The van der Waals surface area contributed by atoms with E-state index >= 15 is 0 Å². The van der Waals surface area contributed by atoms with E-state index in [1.54, 1.807) is 18.2 Å². The Morgan fingerprint density at radius 3 is 1.57 bits per heavy atom. The fraction of sp³-hybridized carbons (Fsp3) is 0.750. The zero-order valence-corrected chi connectivity index (χ0v) is 20.8. The molecule has 0 saturated heterocycles. The molecule has 176 valence electrons. The van der Waals surface area contributed by atoms with Crippen molar-refractivity contribution >= 4 is 15.8 Å². The van der Waals surface area contributed by atoms with Crippen LogP contribution in [0.5, 0.6) is 0 Å². The standard InChI is InChI=1S/C16H36N.C8H11NO3S/c1-5-9-13-17(14-10-6-2,15-11-7-3)16-12-8-4;1-6(13(10,11)12)7-3-2-4-8(9)5-7/h5-16H2,1-4H3;2-6H,9H2,1H3,(H,10,11,12)/q+1;/p-1. The zero-order chi connectivity index (χ0) is 23.0. The Kier molecular flexibility index (Phi) is 15.1. The lowest BCUT2D eigenvalue weighted by molar-refractivity contribution is -0.929. The first-order valence-corrected chi connectivity index (χ1v) is 13.3. The van der Waals surface area contributed by atoms with Crippen molar-refractivity contribution in [1.29, 1.82) is 0 Å². The van der Waals surface area contributed by atoms with Crippen molar-refractivity contribution in [2.45, 2.75) is 91.2 Å². The maximum Gasteiger partial charge on any atom is 0.101 e. The highest BCUT2D eigenvalue weighted by Crippen LogP contribution is 2.21. The molecule has 0 fully saturated rings. The van der Waals surface area contributed by atoms with Crippen LogP contribution in [-0.4, -0.2) is 43.6 Å². The molecule has 0 amide bonds. The second-order valence-corrected chi connectivity index (χ2v) is 10.1. The van der Waals surface area contributed by atoms with E-state index in [1.165, 1.54) is 95.0 Å². The van der Waals surface area contributed by atoms with E-state index in [0.29, 0.717) is 11.3 Å². The highest BCUT2D eigenvalue weighted by molar-refractivity contribution is 7.85. The fourth-order valence-corrected chi connectivity index (χ4v) is 4.10. The van der Waals surface area contributed by atoms with Crippen molar-refractivity contribution in [2.24, 2.45) is 0 Å². The zero-order valence-electron chi connectivity index (χ0n) is 20.0. The first-order valence-electron chi connectivity index (χ1n) is 11.8. The third kappa shape index (κ3) is 11.9. The lowest BCUT2D eigenvalue weighted by Crippen LogP contribution is -2.50. The Morgan fingerprint density at radius 1 is 0.867 bits per heavy atom. The topological polar surface area (TPSA) is 83.2 Å². The molecule has 0 aromatic heterocycles. The molecular formula is C24H46N2O3S. The smallest absolute Gasteiger partial charge is 0.101 e. The monoisotopic (exact) mass is 442 g/mol. The van der Waals surface area contributed by atoms with Crippen LogP contribution in [0.3, 0.4) is 0 Å². The first-order chi connectivity index (χ1) is 14.2. The molecule has 5 nitrogen and oxygen atoms in total. The maximum atomic E-state index is 10.6. The van der Waals surface area contributed by atoms with Gasteiger partial charge in [0, 0.05) is 5.69 Å². The number of hydrogen-bond acceptors (Lipinski definition) is 4. The molecule has 1 rings (SSSR count). The van der Waals surface area contributed by atoms with E-state index in [9.17, 15) is 13.0 Å².